The number of aromatic nitrogens is 2. The summed E-state index contributed by atoms with van der Waals surface area (Å²) in [6.45, 7) is 0. The molecule has 0 saturated carbocycles. The number of nitrogens with zero attached hydrogens (tertiary/aromatic N) is 3. The van der Waals surface area contributed by atoms with E-state index in [0.29, 0.717) is 5.56 Å². The SMILES string of the molecule is O=C(Nc1ncc([N+](=O)[O-])cn1)c1ccccc1. The molecule has 1 amide bonds. The Bertz CT molecular complexity index is 569. The van der Waals surface area contributed by atoms with E-state index in [9.17, 15) is 14.9 Å². The first-order valence-corrected chi connectivity index (χ1v) is 4.99. The Morgan fingerprint density at radius 2 is 1.78 bits per heavy atom. The van der Waals surface area contributed by atoms with E-state index in [1.165, 1.54) is 0 Å². The van der Waals surface area contributed by atoms with Crippen LogP contribution in [0.1, 0.15) is 10.4 Å². The first-order chi connectivity index (χ1) is 8.66. The molecule has 1 heterocycles. The zero-order valence-corrected chi connectivity index (χ0v) is 9.11. The lowest BCUT2D eigenvalue weighted by Gasteiger charge is -2.02. The summed E-state index contributed by atoms with van der Waals surface area (Å²) in [5.74, 6) is -0.348. The highest BCUT2D eigenvalue weighted by molar-refractivity contribution is 6.03. The van der Waals surface area contributed by atoms with Gasteiger partial charge in [-0.1, -0.05) is 18.2 Å². The molecule has 0 radical (unpaired) electrons. The maximum Gasteiger partial charge on any atom is 0.305 e. The van der Waals surface area contributed by atoms with Crippen molar-refractivity contribution in [3.05, 3.63) is 58.4 Å². The van der Waals surface area contributed by atoms with Crippen molar-refractivity contribution in [2.75, 3.05) is 5.32 Å². The molecule has 2 rings (SSSR count). The van der Waals surface area contributed by atoms with E-state index in [1.807, 2.05) is 0 Å². The van der Waals surface area contributed by atoms with Crippen LogP contribution >= 0.6 is 0 Å². The monoisotopic (exact) mass is 244 g/mol. The van der Waals surface area contributed by atoms with Crippen LogP contribution in [-0.2, 0) is 0 Å². The van der Waals surface area contributed by atoms with Crippen LogP contribution in [0.25, 0.3) is 0 Å². The lowest BCUT2D eigenvalue weighted by Crippen LogP contribution is -2.13. The predicted molar refractivity (Wildman–Crippen MR) is 63.1 cm³/mol. The van der Waals surface area contributed by atoms with Crippen molar-refractivity contribution in [2.24, 2.45) is 0 Å². The smallest absolute Gasteiger partial charge is 0.290 e. The highest BCUT2D eigenvalue weighted by Gasteiger charge is 2.09. The Kier molecular flexibility index (Phi) is 3.24. The maximum absolute atomic E-state index is 11.7. The summed E-state index contributed by atoms with van der Waals surface area (Å²) in [5.41, 5.74) is 0.229. The Morgan fingerprint density at radius 3 is 2.33 bits per heavy atom. The summed E-state index contributed by atoms with van der Waals surface area (Å²) in [4.78, 5) is 28.9. The van der Waals surface area contributed by atoms with Crippen molar-refractivity contribution in [3.63, 3.8) is 0 Å². The van der Waals surface area contributed by atoms with Crippen molar-refractivity contribution in [3.8, 4) is 0 Å². The largest absolute Gasteiger partial charge is 0.305 e. The summed E-state index contributed by atoms with van der Waals surface area (Å²) in [6, 6.07) is 8.53. The number of carbonyl (C=O) groups is 1. The molecule has 0 aliphatic heterocycles. The van der Waals surface area contributed by atoms with Gasteiger partial charge in [0.15, 0.2) is 0 Å². The van der Waals surface area contributed by atoms with E-state index in [0.717, 1.165) is 12.4 Å². The molecule has 0 fully saturated rings. The Balaban J connectivity index is 2.10. The van der Waals surface area contributed by atoms with Crippen molar-refractivity contribution >= 4 is 17.5 Å². The van der Waals surface area contributed by atoms with Gasteiger partial charge in [0, 0.05) is 5.56 Å². The molecule has 18 heavy (non-hydrogen) atoms. The predicted octanol–water partition coefficient (Wildman–Crippen LogP) is 1.64. The molecule has 1 aromatic heterocycles. The van der Waals surface area contributed by atoms with Crippen LogP contribution in [0.15, 0.2) is 42.7 Å². The van der Waals surface area contributed by atoms with E-state index in [-0.39, 0.29) is 17.5 Å². The fraction of sp³-hybridized carbons (Fsp3) is 0. The molecule has 0 aliphatic carbocycles. The summed E-state index contributed by atoms with van der Waals surface area (Å²) in [6.07, 6.45) is 2.07. The Labute approximate surface area is 102 Å². The van der Waals surface area contributed by atoms with Crippen molar-refractivity contribution in [1.29, 1.82) is 0 Å². The summed E-state index contributed by atoms with van der Waals surface area (Å²) in [5, 5.41) is 12.8. The topological polar surface area (TPSA) is 98.0 Å². The van der Waals surface area contributed by atoms with Gasteiger partial charge < -0.3 is 0 Å². The van der Waals surface area contributed by atoms with Crippen LogP contribution in [0.3, 0.4) is 0 Å². The lowest BCUT2D eigenvalue weighted by molar-refractivity contribution is -0.385. The van der Waals surface area contributed by atoms with Gasteiger partial charge in [-0.2, -0.15) is 0 Å². The highest BCUT2D eigenvalue weighted by atomic mass is 16.6. The Morgan fingerprint density at radius 1 is 1.17 bits per heavy atom. The van der Waals surface area contributed by atoms with E-state index < -0.39 is 4.92 Å². The number of amides is 1. The molecule has 0 spiro atoms. The second kappa shape index (κ2) is 5.00. The van der Waals surface area contributed by atoms with Crippen molar-refractivity contribution in [1.82, 2.24) is 9.97 Å². The number of nitrogens with one attached hydrogen (secondary N) is 1. The molecule has 0 aliphatic rings. The molecule has 1 N–H and O–H groups in total. The zero-order valence-electron chi connectivity index (χ0n) is 9.11. The van der Waals surface area contributed by atoms with Crippen LogP contribution in [-0.4, -0.2) is 20.8 Å². The van der Waals surface area contributed by atoms with Gasteiger partial charge >= 0.3 is 5.69 Å². The van der Waals surface area contributed by atoms with Gasteiger partial charge in [-0.3, -0.25) is 20.2 Å². The van der Waals surface area contributed by atoms with E-state index in [1.54, 1.807) is 30.3 Å². The van der Waals surface area contributed by atoms with E-state index in [2.05, 4.69) is 15.3 Å². The average Bonchev–Trinajstić information content (AvgIpc) is 2.40. The minimum atomic E-state index is -0.608. The molecule has 1 aromatic carbocycles. The fourth-order valence-electron chi connectivity index (χ4n) is 1.24. The van der Waals surface area contributed by atoms with Gasteiger partial charge in [0.2, 0.25) is 5.95 Å². The molecule has 0 unspecified atom stereocenters. The number of benzene rings is 1. The molecule has 7 nitrogen and oxygen atoms in total. The quantitative estimate of drug-likeness (QED) is 0.653. The van der Waals surface area contributed by atoms with Crippen LogP contribution < -0.4 is 5.32 Å². The number of anilines is 1. The number of hydrogen-bond acceptors (Lipinski definition) is 5. The van der Waals surface area contributed by atoms with Crippen LogP contribution in [0.5, 0.6) is 0 Å². The first-order valence-electron chi connectivity index (χ1n) is 4.99. The third kappa shape index (κ3) is 2.64. The normalized spacial score (nSPS) is 9.78. The Hall–Kier alpha value is -2.83. The second-order valence-electron chi connectivity index (χ2n) is 3.34. The average molecular weight is 244 g/mol. The summed E-state index contributed by atoms with van der Waals surface area (Å²) >= 11 is 0. The maximum atomic E-state index is 11.7. The summed E-state index contributed by atoms with van der Waals surface area (Å²) in [7, 11) is 0. The van der Waals surface area contributed by atoms with Crippen LogP contribution in [0.4, 0.5) is 11.6 Å². The minimum absolute atomic E-state index is 0.0226. The number of nitro groups is 1. The molecular weight excluding hydrogens is 236 g/mol. The van der Waals surface area contributed by atoms with Crippen LogP contribution in [0.2, 0.25) is 0 Å². The number of hydrogen-bond donors (Lipinski definition) is 1. The van der Waals surface area contributed by atoms with Crippen molar-refractivity contribution in [2.45, 2.75) is 0 Å². The molecular formula is C11H8N4O3. The zero-order chi connectivity index (χ0) is 13.0. The van der Waals surface area contributed by atoms with E-state index >= 15 is 0 Å². The fourth-order valence-corrected chi connectivity index (χ4v) is 1.24. The molecule has 0 atom stereocenters. The van der Waals surface area contributed by atoms with Gasteiger partial charge in [0.25, 0.3) is 5.91 Å². The number of carbonyl (C=O) groups excluding carboxylic acids is 1. The summed E-state index contributed by atoms with van der Waals surface area (Å²) < 4.78 is 0. The molecule has 0 bridgehead atoms. The highest BCUT2D eigenvalue weighted by Crippen LogP contribution is 2.09. The van der Waals surface area contributed by atoms with Gasteiger partial charge in [0.1, 0.15) is 12.4 Å². The lowest BCUT2D eigenvalue weighted by atomic mass is 10.2. The van der Waals surface area contributed by atoms with Crippen LogP contribution in [0, 0.1) is 10.1 Å². The van der Waals surface area contributed by atoms with Gasteiger partial charge in [-0.15, -0.1) is 0 Å². The third-order valence-corrected chi connectivity index (χ3v) is 2.11. The number of rotatable bonds is 3. The minimum Gasteiger partial charge on any atom is -0.290 e. The third-order valence-electron chi connectivity index (χ3n) is 2.11. The molecule has 2 aromatic rings. The van der Waals surface area contributed by atoms with Gasteiger partial charge in [-0.05, 0) is 12.1 Å². The second-order valence-corrected chi connectivity index (χ2v) is 3.34. The van der Waals surface area contributed by atoms with E-state index in [4.69, 9.17) is 0 Å². The van der Waals surface area contributed by atoms with Gasteiger partial charge in [0.05, 0.1) is 4.92 Å². The van der Waals surface area contributed by atoms with Gasteiger partial charge in [-0.25, -0.2) is 9.97 Å². The molecule has 0 saturated heterocycles. The molecule has 7 heteroatoms. The standard InChI is InChI=1S/C11H8N4O3/c16-10(8-4-2-1-3-5-8)14-11-12-6-9(7-13-11)15(17)18/h1-7H,(H,12,13,14,16). The molecule has 90 valence electrons. The van der Waals surface area contributed by atoms with Crippen molar-refractivity contribution < 1.29 is 9.72 Å². The first kappa shape index (κ1) is 11.6.